The van der Waals surface area contributed by atoms with Gasteiger partial charge in [-0.15, -0.1) is 0 Å². The number of rotatable bonds is 12. The van der Waals surface area contributed by atoms with Gasteiger partial charge in [-0.1, -0.05) is 0 Å². The number of phosphoric acid groups is 1. The Kier molecular flexibility index (Phi) is 9.98. The summed E-state index contributed by atoms with van der Waals surface area (Å²) in [6, 6.07) is 0. The van der Waals surface area contributed by atoms with Gasteiger partial charge in [0.05, 0.1) is 19.8 Å². The van der Waals surface area contributed by atoms with E-state index >= 15 is 0 Å². The minimum atomic E-state index is -3.98. The molecule has 0 saturated carbocycles. The highest BCUT2D eigenvalue weighted by atomic mass is 31.2. The summed E-state index contributed by atoms with van der Waals surface area (Å²) in [6.45, 7) is -0.712. The number of aliphatic carboxylic acids is 1. The summed E-state index contributed by atoms with van der Waals surface area (Å²) in [4.78, 5) is 10.4. The lowest BCUT2D eigenvalue weighted by Crippen LogP contribution is -2.24. The molecule has 0 spiro atoms. The maximum Gasteiger partial charge on any atom is 0.475 e. The molecule has 0 radical (unpaired) electrons. The van der Waals surface area contributed by atoms with Crippen molar-refractivity contribution in [2.24, 2.45) is 5.73 Å². The van der Waals surface area contributed by atoms with Crippen LogP contribution in [0.25, 0.3) is 0 Å². The average molecular weight is 301 g/mol. The van der Waals surface area contributed by atoms with Crippen molar-refractivity contribution in [3.63, 3.8) is 0 Å². The van der Waals surface area contributed by atoms with E-state index < -0.39 is 26.5 Å². The summed E-state index contributed by atoms with van der Waals surface area (Å²) in [5, 5.41) is 8.48. The van der Waals surface area contributed by atoms with Gasteiger partial charge in [-0.25, -0.2) is 9.36 Å². The first-order chi connectivity index (χ1) is 8.97. The zero-order valence-electron chi connectivity index (χ0n) is 10.9. The van der Waals surface area contributed by atoms with Crippen LogP contribution in [0.15, 0.2) is 0 Å². The molecule has 0 aliphatic rings. The van der Waals surface area contributed by atoms with Crippen LogP contribution in [0.3, 0.4) is 0 Å². The Morgan fingerprint density at radius 3 is 2.42 bits per heavy atom. The SMILES string of the molecule is COCC(COP(=O)(OCCN)OCC(=O)O)OC. The highest BCUT2D eigenvalue weighted by molar-refractivity contribution is 7.48. The number of nitrogens with two attached hydrogens (primary N) is 1. The van der Waals surface area contributed by atoms with Gasteiger partial charge >= 0.3 is 13.8 Å². The second-order valence-electron chi connectivity index (χ2n) is 3.35. The Labute approximate surface area is 111 Å². The summed E-state index contributed by atoms with van der Waals surface area (Å²) in [6.07, 6.45) is -0.478. The Bertz CT molecular complexity index is 300. The van der Waals surface area contributed by atoms with Crippen LogP contribution in [0.4, 0.5) is 0 Å². The Hall–Kier alpha value is -0.540. The predicted octanol–water partition coefficient (Wildman–Crippen LogP) is -0.151. The lowest BCUT2D eigenvalue weighted by atomic mass is 10.4. The summed E-state index contributed by atoms with van der Waals surface area (Å²) in [7, 11) is -1.08. The highest BCUT2D eigenvalue weighted by Crippen LogP contribution is 2.49. The first-order valence-corrected chi connectivity index (χ1v) is 6.90. The van der Waals surface area contributed by atoms with Crippen molar-refractivity contribution < 1.29 is 37.5 Å². The number of carboxylic acid groups (broad SMARTS) is 1. The van der Waals surface area contributed by atoms with Crippen LogP contribution in [0.2, 0.25) is 0 Å². The molecule has 19 heavy (non-hydrogen) atoms. The molecule has 0 aliphatic heterocycles. The molecule has 0 amide bonds. The fraction of sp³-hybridized carbons (Fsp3) is 0.889. The van der Waals surface area contributed by atoms with Crippen molar-refractivity contribution in [2.75, 3.05) is 47.2 Å². The van der Waals surface area contributed by atoms with Crippen LogP contribution in [-0.2, 0) is 32.4 Å². The number of carboxylic acids is 1. The molecule has 0 rings (SSSR count). The van der Waals surface area contributed by atoms with Crippen molar-refractivity contribution in [1.82, 2.24) is 0 Å². The largest absolute Gasteiger partial charge is 0.480 e. The molecule has 0 aromatic carbocycles. The smallest absolute Gasteiger partial charge is 0.475 e. The number of ether oxygens (including phenoxy) is 2. The maximum atomic E-state index is 12.0. The minimum absolute atomic E-state index is 0.0845. The number of phosphoric ester groups is 1. The lowest BCUT2D eigenvalue weighted by molar-refractivity contribution is -0.140. The van der Waals surface area contributed by atoms with E-state index in [0.29, 0.717) is 0 Å². The highest BCUT2D eigenvalue weighted by Gasteiger charge is 2.29. The number of hydrogen-bond donors (Lipinski definition) is 2. The quantitative estimate of drug-likeness (QED) is 0.473. The predicted molar refractivity (Wildman–Crippen MR) is 64.8 cm³/mol. The van der Waals surface area contributed by atoms with Gasteiger partial charge < -0.3 is 20.3 Å². The van der Waals surface area contributed by atoms with Crippen molar-refractivity contribution in [2.45, 2.75) is 6.10 Å². The number of carbonyl (C=O) groups is 1. The van der Waals surface area contributed by atoms with Crippen molar-refractivity contribution in [3.8, 4) is 0 Å². The van der Waals surface area contributed by atoms with Gasteiger partial charge in [-0.3, -0.25) is 13.6 Å². The summed E-state index contributed by atoms with van der Waals surface area (Å²) >= 11 is 0. The van der Waals surface area contributed by atoms with Gasteiger partial charge in [0, 0.05) is 20.8 Å². The molecular formula is C9H20NO8P. The zero-order chi connectivity index (χ0) is 14.7. The van der Waals surface area contributed by atoms with E-state index in [2.05, 4.69) is 4.52 Å². The average Bonchev–Trinajstić information content (AvgIpc) is 2.39. The molecule has 0 aromatic rings. The van der Waals surface area contributed by atoms with Gasteiger partial charge in [-0.2, -0.15) is 0 Å². The third-order valence-electron chi connectivity index (χ3n) is 1.82. The molecule has 0 heterocycles. The first-order valence-electron chi connectivity index (χ1n) is 5.44. The molecule has 2 atom stereocenters. The normalized spacial score (nSPS) is 15.9. The summed E-state index contributed by atoms with van der Waals surface area (Å²) in [5.74, 6) is -1.29. The maximum absolute atomic E-state index is 12.0. The van der Waals surface area contributed by atoms with E-state index in [1.165, 1.54) is 14.2 Å². The first kappa shape index (κ1) is 18.5. The second-order valence-corrected chi connectivity index (χ2v) is 5.01. The fourth-order valence-corrected chi connectivity index (χ4v) is 2.13. The molecule has 9 nitrogen and oxygen atoms in total. The van der Waals surface area contributed by atoms with Gasteiger partial charge in [0.1, 0.15) is 6.10 Å². The molecule has 0 fully saturated rings. The minimum Gasteiger partial charge on any atom is -0.480 e. The van der Waals surface area contributed by atoms with E-state index in [1.54, 1.807) is 0 Å². The topological polar surface area (TPSA) is 127 Å². The Morgan fingerprint density at radius 2 is 1.95 bits per heavy atom. The summed E-state index contributed by atoms with van der Waals surface area (Å²) in [5.41, 5.74) is 5.20. The Morgan fingerprint density at radius 1 is 1.26 bits per heavy atom. The molecule has 3 N–H and O–H groups in total. The second kappa shape index (κ2) is 10.3. The van der Waals surface area contributed by atoms with Crippen LogP contribution < -0.4 is 5.73 Å². The standard InChI is InChI=1S/C9H20NO8P/c1-14-5-8(15-2)6-17-19(13,16-4-3-10)18-7-9(11)12/h8H,3-7,10H2,1-2H3,(H,11,12). The molecular weight excluding hydrogens is 281 g/mol. The van der Waals surface area contributed by atoms with Gasteiger partial charge in [0.15, 0.2) is 6.61 Å². The van der Waals surface area contributed by atoms with E-state index in [-0.39, 0.29) is 26.4 Å². The van der Waals surface area contributed by atoms with Crippen LogP contribution in [0, 0.1) is 0 Å². The number of hydrogen-bond acceptors (Lipinski definition) is 8. The van der Waals surface area contributed by atoms with E-state index in [0.717, 1.165) is 0 Å². The number of methoxy groups -OCH3 is 2. The van der Waals surface area contributed by atoms with Crippen molar-refractivity contribution in [3.05, 3.63) is 0 Å². The van der Waals surface area contributed by atoms with Crippen LogP contribution >= 0.6 is 7.82 Å². The van der Waals surface area contributed by atoms with Gasteiger partial charge in [0.2, 0.25) is 0 Å². The van der Waals surface area contributed by atoms with Crippen LogP contribution in [-0.4, -0.2) is 64.4 Å². The van der Waals surface area contributed by atoms with Gasteiger partial charge in [-0.05, 0) is 0 Å². The summed E-state index contributed by atoms with van der Waals surface area (Å²) < 4.78 is 36.3. The third kappa shape index (κ3) is 9.06. The van der Waals surface area contributed by atoms with Crippen LogP contribution in [0.5, 0.6) is 0 Å². The molecule has 114 valence electrons. The third-order valence-corrected chi connectivity index (χ3v) is 3.23. The molecule has 2 unspecified atom stereocenters. The fourth-order valence-electron chi connectivity index (χ4n) is 0.955. The van der Waals surface area contributed by atoms with Gasteiger partial charge in [0.25, 0.3) is 0 Å². The zero-order valence-corrected chi connectivity index (χ0v) is 11.8. The van der Waals surface area contributed by atoms with E-state index in [1.807, 2.05) is 0 Å². The molecule has 0 aliphatic carbocycles. The van der Waals surface area contributed by atoms with E-state index in [4.69, 9.17) is 29.4 Å². The monoisotopic (exact) mass is 301 g/mol. The molecule has 0 saturated heterocycles. The van der Waals surface area contributed by atoms with E-state index in [9.17, 15) is 9.36 Å². The van der Waals surface area contributed by atoms with Crippen molar-refractivity contribution >= 4 is 13.8 Å². The lowest BCUT2D eigenvalue weighted by Gasteiger charge is -2.20. The van der Waals surface area contributed by atoms with Crippen LogP contribution in [0.1, 0.15) is 0 Å². The molecule has 0 aromatic heterocycles. The van der Waals surface area contributed by atoms with Crippen molar-refractivity contribution in [1.29, 1.82) is 0 Å². The molecule has 10 heteroatoms. The Balaban J connectivity index is 4.39. The molecule has 0 bridgehead atoms.